The molecule has 3 heterocycles. The minimum Gasteiger partial charge on any atom is -0.328 e. The third-order valence-electron chi connectivity index (χ3n) is 5.38. The Labute approximate surface area is 210 Å². The predicted octanol–water partition coefficient (Wildman–Crippen LogP) is 6.23. The molecular weight excluding hydrogens is 495 g/mol. The number of benzene rings is 2. The fourth-order valence-corrected chi connectivity index (χ4v) is 4.34. The number of carbonyl (C=O) groups excluding carboxylic acids is 1. The Balaban J connectivity index is 1.64. The number of rotatable bonds is 4. The molecule has 170 valence electrons. The fraction of sp³-hybridized carbons (Fsp3) is 0.0833. The minimum atomic E-state index is -0.681. The average Bonchev–Trinajstić information content (AvgIpc) is 3.25. The lowest BCUT2D eigenvalue weighted by Crippen LogP contribution is -2.31. The summed E-state index contributed by atoms with van der Waals surface area (Å²) in [4.78, 5) is 22.3. The zero-order valence-electron chi connectivity index (χ0n) is 17.8. The number of hydrogen-bond donors (Lipinski definition) is 2. The quantitative estimate of drug-likeness (QED) is 0.339. The number of hydrogen-bond acceptors (Lipinski definition) is 5. The number of fused-ring (bicyclic) bond motifs is 1. The van der Waals surface area contributed by atoms with Gasteiger partial charge in [-0.25, -0.2) is 9.67 Å². The maximum atomic E-state index is 13.5. The van der Waals surface area contributed by atoms with Gasteiger partial charge in [-0.05, 0) is 49.4 Å². The van der Waals surface area contributed by atoms with Crippen molar-refractivity contribution in [2.75, 3.05) is 10.6 Å². The van der Waals surface area contributed by atoms with Crippen LogP contribution in [-0.2, 0) is 4.79 Å². The Hall–Kier alpha value is -3.39. The molecule has 1 aliphatic rings. The molecule has 34 heavy (non-hydrogen) atoms. The van der Waals surface area contributed by atoms with Gasteiger partial charge < -0.3 is 10.6 Å². The van der Waals surface area contributed by atoms with Gasteiger partial charge in [0, 0.05) is 28.0 Å². The van der Waals surface area contributed by atoms with Gasteiger partial charge in [0.05, 0.1) is 15.6 Å². The molecule has 0 saturated carbocycles. The van der Waals surface area contributed by atoms with Gasteiger partial charge in [-0.1, -0.05) is 53.0 Å². The van der Waals surface area contributed by atoms with Crippen molar-refractivity contribution < 1.29 is 4.79 Å². The van der Waals surface area contributed by atoms with Crippen LogP contribution in [0.2, 0.25) is 15.1 Å². The highest BCUT2D eigenvalue weighted by Gasteiger charge is 2.36. The summed E-state index contributed by atoms with van der Waals surface area (Å²) >= 11 is 19.0. The largest absolute Gasteiger partial charge is 0.328 e. The van der Waals surface area contributed by atoms with Crippen molar-refractivity contribution in [3.63, 3.8) is 0 Å². The average molecular weight is 512 g/mol. The van der Waals surface area contributed by atoms with E-state index in [-0.39, 0.29) is 5.91 Å². The molecule has 1 aliphatic heterocycles. The van der Waals surface area contributed by atoms with Gasteiger partial charge in [0.1, 0.15) is 11.9 Å². The Morgan fingerprint density at radius 2 is 1.82 bits per heavy atom. The molecule has 1 atom stereocenters. The molecule has 0 spiro atoms. The first-order valence-electron chi connectivity index (χ1n) is 10.3. The monoisotopic (exact) mass is 510 g/mol. The van der Waals surface area contributed by atoms with Gasteiger partial charge >= 0.3 is 0 Å². The summed E-state index contributed by atoms with van der Waals surface area (Å²) in [5, 5.41) is 12.1. The number of carbonyl (C=O) groups is 1. The molecule has 0 unspecified atom stereocenters. The molecule has 10 heteroatoms. The number of halogens is 3. The molecule has 0 bridgehead atoms. The zero-order chi connectivity index (χ0) is 23.8. The number of anilines is 2. The summed E-state index contributed by atoms with van der Waals surface area (Å²) in [6.07, 6.45) is 1.61. The molecular formula is C24H17Cl3N6O. The van der Waals surface area contributed by atoms with Crippen LogP contribution in [0.3, 0.4) is 0 Å². The van der Waals surface area contributed by atoms with Gasteiger partial charge in [-0.15, -0.1) is 5.10 Å². The van der Waals surface area contributed by atoms with Gasteiger partial charge in [-0.2, -0.15) is 4.98 Å². The van der Waals surface area contributed by atoms with Crippen molar-refractivity contribution in [1.29, 1.82) is 0 Å². The Bertz CT molecular complexity index is 1420. The first-order valence-corrected chi connectivity index (χ1v) is 11.4. The number of pyridine rings is 1. The molecule has 2 aromatic carbocycles. The van der Waals surface area contributed by atoms with Gasteiger partial charge in [0.15, 0.2) is 5.82 Å². The van der Waals surface area contributed by atoms with E-state index in [0.717, 1.165) is 5.56 Å². The van der Waals surface area contributed by atoms with Crippen LogP contribution in [0, 0.1) is 0 Å². The van der Waals surface area contributed by atoms with E-state index in [9.17, 15) is 4.79 Å². The second kappa shape index (κ2) is 9.10. The number of allylic oxidation sites excluding steroid dienone is 1. The van der Waals surface area contributed by atoms with Gasteiger partial charge in [-0.3, -0.25) is 4.79 Å². The van der Waals surface area contributed by atoms with Gasteiger partial charge in [0.25, 0.3) is 5.91 Å². The van der Waals surface area contributed by atoms with Crippen LogP contribution in [0.15, 0.2) is 78.1 Å². The lowest BCUT2D eigenvalue weighted by atomic mass is 9.95. The highest BCUT2D eigenvalue weighted by Crippen LogP contribution is 2.41. The van der Waals surface area contributed by atoms with Crippen molar-refractivity contribution >= 4 is 52.5 Å². The molecule has 7 nitrogen and oxygen atoms in total. The summed E-state index contributed by atoms with van der Waals surface area (Å²) in [6.45, 7) is 1.80. The van der Waals surface area contributed by atoms with E-state index in [1.165, 1.54) is 0 Å². The summed E-state index contributed by atoms with van der Waals surface area (Å²) in [5.74, 6) is 1.02. The van der Waals surface area contributed by atoms with Crippen LogP contribution in [0.25, 0.3) is 11.4 Å². The van der Waals surface area contributed by atoms with Crippen molar-refractivity contribution in [1.82, 2.24) is 19.7 Å². The highest BCUT2D eigenvalue weighted by atomic mass is 35.5. The smallest absolute Gasteiger partial charge is 0.257 e. The van der Waals surface area contributed by atoms with Crippen LogP contribution < -0.4 is 10.6 Å². The Kier molecular flexibility index (Phi) is 6.00. The number of nitrogens with zero attached hydrogens (tertiary/aromatic N) is 4. The first-order chi connectivity index (χ1) is 16.4. The first kappa shape index (κ1) is 22.4. The SMILES string of the molecule is CC1=C(C(=O)Nc2ccccn2)[C@@H](c2cccc(Cl)c2Cl)n2nc(-c3ccc(Cl)cc3)nc2N1. The maximum absolute atomic E-state index is 13.5. The van der Waals surface area contributed by atoms with Crippen LogP contribution in [0.4, 0.5) is 11.8 Å². The summed E-state index contributed by atoms with van der Waals surface area (Å²) in [5.41, 5.74) is 2.42. The topological polar surface area (TPSA) is 84.7 Å². The molecule has 2 N–H and O–H groups in total. The summed E-state index contributed by atoms with van der Waals surface area (Å²) in [7, 11) is 0. The van der Waals surface area contributed by atoms with Crippen molar-refractivity contribution in [3.05, 3.63) is 98.8 Å². The van der Waals surface area contributed by atoms with Gasteiger partial charge in [0.2, 0.25) is 5.95 Å². The maximum Gasteiger partial charge on any atom is 0.257 e. The van der Waals surface area contributed by atoms with E-state index in [1.54, 1.807) is 60.3 Å². The highest BCUT2D eigenvalue weighted by molar-refractivity contribution is 6.42. The number of aromatic nitrogens is 4. The van der Waals surface area contributed by atoms with E-state index in [2.05, 4.69) is 20.6 Å². The van der Waals surface area contributed by atoms with E-state index >= 15 is 0 Å². The minimum absolute atomic E-state index is 0.335. The zero-order valence-corrected chi connectivity index (χ0v) is 20.0. The molecule has 1 amide bonds. The fourth-order valence-electron chi connectivity index (χ4n) is 3.81. The van der Waals surface area contributed by atoms with Crippen LogP contribution in [-0.4, -0.2) is 25.7 Å². The Morgan fingerprint density at radius 3 is 2.56 bits per heavy atom. The second-order valence-corrected chi connectivity index (χ2v) is 8.81. The predicted molar refractivity (Wildman–Crippen MR) is 134 cm³/mol. The Morgan fingerprint density at radius 1 is 1.03 bits per heavy atom. The molecule has 2 aromatic heterocycles. The lowest BCUT2D eigenvalue weighted by Gasteiger charge is -2.29. The summed E-state index contributed by atoms with van der Waals surface area (Å²) in [6, 6.07) is 17.1. The number of amides is 1. The third kappa shape index (κ3) is 4.14. The van der Waals surface area contributed by atoms with E-state index < -0.39 is 6.04 Å². The molecule has 0 fully saturated rings. The molecule has 0 radical (unpaired) electrons. The van der Waals surface area contributed by atoms with Crippen LogP contribution in [0.1, 0.15) is 18.5 Å². The lowest BCUT2D eigenvalue weighted by molar-refractivity contribution is -0.113. The van der Waals surface area contributed by atoms with Crippen molar-refractivity contribution in [2.24, 2.45) is 0 Å². The van der Waals surface area contributed by atoms with E-state index in [4.69, 9.17) is 39.9 Å². The molecule has 4 aromatic rings. The standard InChI is InChI=1S/C24H17Cl3N6O/c1-13-19(23(34)30-18-7-2-3-12-28-18)21(16-5-4-6-17(26)20(16)27)33-24(29-13)31-22(32-33)14-8-10-15(25)11-9-14/h2-12,21H,1H3,(H,28,30,34)(H,29,31,32)/t21-/m1/s1. The summed E-state index contributed by atoms with van der Waals surface area (Å²) < 4.78 is 1.64. The normalized spacial score (nSPS) is 15.0. The molecule has 5 rings (SSSR count). The van der Waals surface area contributed by atoms with Crippen molar-refractivity contribution in [2.45, 2.75) is 13.0 Å². The van der Waals surface area contributed by atoms with E-state index in [1.807, 2.05) is 18.2 Å². The van der Waals surface area contributed by atoms with E-state index in [0.29, 0.717) is 49.5 Å². The number of nitrogens with one attached hydrogen (secondary N) is 2. The third-order valence-corrected chi connectivity index (χ3v) is 6.47. The van der Waals surface area contributed by atoms with Crippen LogP contribution >= 0.6 is 34.8 Å². The second-order valence-electron chi connectivity index (χ2n) is 7.59. The van der Waals surface area contributed by atoms with Crippen molar-refractivity contribution in [3.8, 4) is 11.4 Å². The van der Waals surface area contributed by atoms with Crippen LogP contribution in [0.5, 0.6) is 0 Å². The molecule has 0 saturated heterocycles. The molecule has 0 aliphatic carbocycles.